The first kappa shape index (κ1) is 12.1. The average Bonchev–Trinajstić information content (AvgIpc) is 2.40. The normalized spacial score (nSPS) is 18.6. The molecule has 1 unspecified atom stereocenters. The summed E-state index contributed by atoms with van der Waals surface area (Å²) >= 11 is 0. The van der Waals surface area contributed by atoms with Gasteiger partial charge in [-0.25, -0.2) is 0 Å². The van der Waals surface area contributed by atoms with Gasteiger partial charge in [0.05, 0.1) is 6.04 Å². The molecule has 0 spiro atoms. The van der Waals surface area contributed by atoms with Gasteiger partial charge in [-0.05, 0) is 31.4 Å². The number of nitrogens with zero attached hydrogens (tertiary/aromatic N) is 1. The van der Waals surface area contributed by atoms with Crippen LogP contribution in [0.5, 0.6) is 0 Å². The van der Waals surface area contributed by atoms with Crippen LogP contribution in [0.25, 0.3) is 0 Å². The number of aromatic nitrogens is 1. The third-order valence-corrected chi connectivity index (χ3v) is 3.52. The first-order chi connectivity index (χ1) is 8.27. The molecule has 0 aromatic carbocycles. The van der Waals surface area contributed by atoms with E-state index in [-0.39, 0.29) is 17.9 Å². The Labute approximate surface area is 103 Å². The predicted octanol–water partition coefficient (Wildman–Crippen LogP) is 2.84. The van der Waals surface area contributed by atoms with Crippen molar-refractivity contribution in [2.24, 2.45) is 5.92 Å². The predicted molar refractivity (Wildman–Crippen MR) is 67.4 cm³/mol. The molecule has 1 aromatic rings. The minimum Gasteiger partial charge on any atom is -0.349 e. The van der Waals surface area contributed by atoms with Gasteiger partial charge in [0.15, 0.2) is 0 Å². The number of carbonyl (C=O) groups excluding carboxylic acids is 1. The molecule has 3 heteroatoms. The van der Waals surface area contributed by atoms with E-state index in [4.69, 9.17) is 0 Å². The summed E-state index contributed by atoms with van der Waals surface area (Å²) in [5, 5.41) is 3.09. The number of hydrogen-bond acceptors (Lipinski definition) is 2. The largest absolute Gasteiger partial charge is 0.349 e. The smallest absolute Gasteiger partial charge is 0.223 e. The van der Waals surface area contributed by atoms with Crippen LogP contribution >= 0.6 is 0 Å². The summed E-state index contributed by atoms with van der Waals surface area (Å²) in [4.78, 5) is 16.1. The Morgan fingerprint density at radius 3 is 2.82 bits per heavy atom. The van der Waals surface area contributed by atoms with Crippen LogP contribution in [0.4, 0.5) is 0 Å². The van der Waals surface area contributed by atoms with Gasteiger partial charge in [-0.3, -0.25) is 9.78 Å². The molecule has 0 aliphatic heterocycles. The molecule has 1 atom stereocenters. The topological polar surface area (TPSA) is 42.0 Å². The minimum atomic E-state index is 0.0538. The van der Waals surface area contributed by atoms with Gasteiger partial charge in [0.1, 0.15) is 0 Å². The van der Waals surface area contributed by atoms with Crippen molar-refractivity contribution in [1.29, 1.82) is 0 Å². The van der Waals surface area contributed by atoms with Crippen molar-refractivity contribution in [1.82, 2.24) is 10.3 Å². The molecule has 92 valence electrons. The average molecular weight is 232 g/mol. The Bertz CT molecular complexity index is 358. The summed E-state index contributed by atoms with van der Waals surface area (Å²) < 4.78 is 0. The van der Waals surface area contributed by atoms with E-state index in [1.165, 1.54) is 19.3 Å². The van der Waals surface area contributed by atoms with Crippen LogP contribution in [0.3, 0.4) is 0 Å². The first-order valence-corrected chi connectivity index (χ1v) is 6.47. The SMILES string of the molecule is CC(NC(=O)C1CCCCC1)c1cccnc1. The third kappa shape index (κ3) is 3.29. The molecule has 1 amide bonds. The van der Waals surface area contributed by atoms with Crippen LogP contribution in [0.2, 0.25) is 0 Å². The zero-order valence-corrected chi connectivity index (χ0v) is 10.4. The molecule has 2 rings (SSSR count). The van der Waals surface area contributed by atoms with Gasteiger partial charge in [-0.2, -0.15) is 0 Å². The number of nitrogens with one attached hydrogen (secondary N) is 1. The molecule has 0 bridgehead atoms. The van der Waals surface area contributed by atoms with E-state index in [2.05, 4.69) is 10.3 Å². The summed E-state index contributed by atoms with van der Waals surface area (Å²) in [6, 6.07) is 3.95. The minimum absolute atomic E-state index is 0.0538. The van der Waals surface area contributed by atoms with Gasteiger partial charge in [0, 0.05) is 18.3 Å². The van der Waals surface area contributed by atoms with Gasteiger partial charge in [0.25, 0.3) is 0 Å². The van der Waals surface area contributed by atoms with Crippen molar-refractivity contribution in [3.63, 3.8) is 0 Å². The van der Waals surface area contributed by atoms with Crippen LogP contribution < -0.4 is 5.32 Å². The first-order valence-electron chi connectivity index (χ1n) is 6.47. The Morgan fingerprint density at radius 1 is 1.41 bits per heavy atom. The summed E-state index contributed by atoms with van der Waals surface area (Å²) in [6.45, 7) is 2.01. The van der Waals surface area contributed by atoms with E-state index < -0.39 is 0 Å². The fourth-order valence-electron chi connectivity index (χ4n) is 2.41. The van der Waals surface area contributed by atoms with E-state index in [0.29, 0.717) is 0 Å². The number of amides is 1. The number of carbonyl (C=O) groups is 1. The maximum Gasteiger partial charge on any atom is 0.223 e. The molecule has 1 aliphatic rings. The van der Waals surface area contributed by atoms with Crippen LogP contribution in [0.1, 0.15) is 50.6 Å². The van der Waals surface area contributed by atoms with Crippen molar-refractivity contribution in [3.8, 4) is 0 Å². The van der Waals surface area contributed by atoms with Crippen LogP contribution in [-0.4, -0.2) is 10.9 Å². The quantitative estimate of drug-likeness (QED) is 0.870. The number of hydrogen-bond donors (Lipinski definition) is 1. The second-order valence-corrected chi connectivity index (χ2v) is 4.85. The Balaban J connectivity index is 1.89. The molecule has 1 heterocycles. The summed E-state index contributed by atoms with van der Waals surface area (Å²) in [5.74, 6) is 0.434. The highest BCUT2D eigenvalue weighted by Gasteiger charge is 2.22. The molecular weight excluding hydrogens is 212 g/mol. The summed E-state index contributed by atoms with van der Waals surface area (Å²) in [6.07, 6.45) is 9.32. The number of pyridine rings is 1. The fraction of sp³-hybridized carbons (Fsp3) is 0.571. The molecule has 0 radical (unpaired) electrons. The molecule has 1 fully saturated rings. The molecule has 1 aliphatic carbocycles. The van der Waals surface area contributed by atoms with Gasteiger partial charge in [-0.15, -0.1) is 0 Å². The van der Waals surface area contributed by atoms with E-state index in [1.54, 1.807) is 6.20 Å². The lowest BCUT2D eigenvalue weighted by atomic mass is 9.88. The maximum absolute atomic E-state index is 12.1. The molecule has 1 saturated carbocycles. The molecule has 1 aromatic heterocycles. The highest BCUT2D eigenvalue weighted by Crippen LogP contribution is 2.24. The zero-order chi connectivity index (χ0) is 12.1. The molecular formula is C14H20N2O. The van der Waals surface area contributed by atoms with Gasteiger partial charge in [-0.1, -0.05) is 25.3 Å². The highest BCUT2D eigenvalue weighted by atomic mass is 16.1. The number of rotatable bonds is 3. The summed E-state index contributed by atoms with van der Waals surface area (Å²) in [7, 11) is 0. The van der Waals surface area contributed by atoms with E-state index in [9.17, 15) is 4.79 Å². The van der Waals surface area contributed by atoms with E-state index in [1.807, 2.05) is 25.3 Å². The molecule has 1 N–H and O–H groups in total. The molecule has 3 nitrogen and oxygen atoms in total. The monoisotopic (exact) mass is 232 g/mol. The van der Waals surface area contributed by atoms with Crippen molar-refractivity contribution >= 4 is 5.91 Å². The second-order valence-electron chi connectivity index (χ2n) is 4.85. The standard InChI is InChI=1S/C14H20N2O/c1-11(13-8-5-9-15-10-13)16-14(17)12-6-3-2-4-7-12/h5,8-12H,2-4,6-7H2,1H3,(H,16,17). The summed E-state index contributed by atoms with van der Waals surface area (Å²) in [5.41, 5.74) is 1.07. The van der Waals surface area contributed by atoms with Gasteiger partial charge < -0.3 is 5.32 Å². The Morgan fingerprint density at radius 2 is 2.18 bits per heavy atom. The highest BCUT2D eigenvalue weighted by molar-refractivity contribution is 5.79. The Hall–Kier alpha value is -1.38. The van der Waals surface area contributed by atoms with Gasteiger partial charge in [0.2, 0.25) is 5.91 Å². The lowest BCUT2D eigenvalue weighted by Crippen LogP contribution is -2.33. The zero-order valence-electron chi connectivity index (χ0n) is 10.4. The van der Waals surface area contributed by atoms with Crippen molar-refractivity contribution < 1.29 is 4.79 Å². The van der Waals surface area contributed by atoms with E-state index in [0.717, 1.165) is 18.4 Å². The van der Waals surface area contributed by atoms with Crippen molar-refractivity contribution in [2.45, 2.75) is 45.1 Å². The lowest BCUT2D eigenvalue weighted by Gasteiger charge is -2.23. The maximum atomic E-state index is 12.1. The fourth-order valence-corrected chi connectivity index (χ4v) is 2.41. The van der Waals surface area contributed by atoms with Crippen LogP contribution in [0.15, 0.2) is 24.5 Å². The van der Waals surface area contributed by atoms with Crippen molar-refractivity contribution in [2.75, 3.05) is 0 Å². The van der Waals surface area contributed by atoms with Gasteiger partial charge >= 0.3 is 0 Å². The van der Waals surface area contributed by atoms with E-state index >= 15 is 0 Å². The lowest BCUT2D eigenvalue weighted by molar-refractivity contribution is -0.126. The second kappa shape index (κ2) is 5.80. The van der Waals surface area contributed by atoms with Crippen LogP contribution in [-0.2, 0) is 4.79 Å². The molecule has 0 saturated heterocycles. The Kier molecular flexibility index (Phi) is 4.13. The van der Waals surface area contributed by atoms with Crippen LogP contribution in [0, 0.1) is 5.92 Å². The molecule has 17 heavy (non-hydrogen) atoms. The third-order valence-electron chi connectivity index (χ3n) is 3.52. The van der Waals surface area contributed by atoms with Crippen molar-refractivity contribution in [3.05, 3.63) is 30.1 Å².